The minimum Gasteiger partial charge on any atom is -0.489 e. The van der Waals surface area contributed by atoms with Crippen LogP contribution in [-0.2, 0) is 11.3 Å². The van der Waals surface area contributed by atoms with Crippen molar-refractivity contribution in [1.82, 2.24) is 0 Å². The summed E-state index contributed by atoms with van der Waals surface area (Å²) in [5.74, 6) is 3.70. The molecule has 0 aromatic heterocycles. The van der Waals surface area contributed by atoms with E-state index in [0.717, 1.165) is 16.9 Å². The van der Waals surface area contributed by atoms with Crippen LogP contribution in [0.25, 0.3) is 0 Å². The summed E-state index contributed by atoms with van der Waals surface area (Å²) in [5.41, 5.74) is 2.06. The zero-order valence-electron chi connectivity index (χ0n) is 10.2. The largest absolute Gasteiger partial charge is 0.489 e. The first kappa shape index (κ1) is 12.1. The van der Waals surface area contributed by atoms with Crippen LogP contribution in [0.5, 0.6) is 5.75 Å². The fourth-order valence-corrected chi connectivity index (χ4v) is 1.49. The van der Waals surface area contributed by atoms with E-state index >= 15 is 0 Å². The van der Waals surface area contributed by atoms with E-state index < -0.39 is 0 Å². The molecule has 0 saturated heterocycles. The lowest BCUT2D eigenvalue weighted by Gasteiger charge is -2.05. The minimum atomic E-state index is 0.573. The first-order chi connectivity index (χ1) is 8.88. The number of rotatable bonds is 3. The van der Waals surface area contributed by atoms with E-state index in [1.807, 2.05) is 54.6 Å². The van der Waals surface area contributed by atoms with E-state index in [-0.39, 0.29) is 0 Å². The molecule has 0 aliphatic heterocycles. The second-order valence-electron chi connectivity index (χ2n) is 3.73. The number of hydrogen-bond donors (Lipinski definition) is 0. The van der Waals surface area contributed by atoms with Crippen molar-refractivity contribution in [1.29, 1.82) is 0 Å². The highest BCUT2D eigenvalue weighted by atomic mass is 16.5. The highest BCUT2D eigenvalue weighted by Gasteiger charge is 1.95. The van der Waals surface area contributed by atoms with Crippen molar-refractivity contribution in [2.45, 2.75) is 6.61 Å². The topological polar surface area (TPSA) is 18.5 Å². The summed E-state index contributed by atoms with van der Waals surface area (Å²) in [5, 5.41) is 0. The van der Waals surface area contributed by atoms with Crippen molar-refractivity contribution in [3.8, 4) is 17.8 Å². The van der Waals surface area contributed by atoms with Crippen LogP contribution in [-0.4, -0.2) is 7.11 Å². The lowest BCUT2D eigenvalue weighted by molar-refractivity contribution is 0.306. The molecule has 0 spiro atoms. The third-order valence-corrected chi connectivity index (χ3v) is 2.40. The van der Waals surface area contributed by atoms with E-state index in [9.17, 15) is 0 Å². The van der Waals surface area contributed by atoms with Crippen molar-refractivity contribution in [2.75, 3.05) is 7.11 Å². The summed E-state index contributed by atoms with van der Waals surface area (Å²) in [6.07, 6.45) is 2.55. The van der Waals surface area contributed by atoms with Crippen molar-refractivity contribution < 1.29 is 9.47 Å². The maximum Gasteiger partial charge on any atom is 0.119 e. The van der Waals surface area contributed by atoms with Gasteiger partial charge in [-0.2, -0.15) is 0 Å². The lowest BCUT2D eigenvalue weighted by atomic mass is 10.2. The zero-order chi connectivity index (χ0) is 12.6. The Morgan fingerprint density at radius 1 is 0.944 bits per heavy atom. The van der Waals surface area contributed by atoms with E-state index in [0.29, 0.717) is 6.61 Å². The van der Waals surface area contributed by atoms with Gasteiger partial charge in [-0.3, -0.25) is 0 Å². The van der Waals surface area contributed by atoms with Crippen LogP contribution < -0.4 is 4.74 Å². The monoisotopic (exact) mass is 238 g/mol. The number of benzene rings is 2. The van der Waals surface area contributed by atoms with Gasteiger partial charge >= 0.3 is 0 Å². The van der Waals surface area contributed by atoms with Crippen LogP contribution in [0, 0.1) is 12.0 Å². The molecule has 0 aliphatic carbocycles. The molecule has 2 rings (SSSR count). The Bertz CT molecular complexity index is 533. The molecule has 2 heteroatoms. The van der Waals surface area contributed by atoms with Gasteiger partial charge in [-0.1, -0.05) is 30.3 Å². The molecule has 0 N–H and O–H groups in total. The third kappa shape index (κ3) is 3.57. The van der Waals surface area contributed by atoms with E-state index in [1.54, 1.807) is 7.11 Å². The van der Waals surface area contributed by atoms with Gasteiger partial charge in [-0.25, -0.2) is 0 Å². The number of methoxy groups -OCH3 is 1. The number of ether oxygens (including phenoxy) is 2. The van der Waals surface area contributed by atoms with Crippen LogP contribution in [0.4, 0.5) is 0 Å². The summed E-state index contributed by atoms with van der Waals surface area (Å²) in [6.45, 7) is 0.573. The zero-order valence-corrected chi connectivity index (χ0v) is 10.2. The highest BCUT2D eigenvalue weighted by Crippen LogP contribution is 2.13. The average molecular weight is 238 g/mol. The van der Waals surface area contributed by atoms with Gasteiger partial charge in [0.1, 0.15) is 18.5 Å². The van der Waals surface area contributed by atoms with E-state index in [4.69, 9.17) is 4.74 Å². The fraction of sp³-hybridized carbons (Fsp3) is 0.125. The quantitative estimate of drug-likeness (QED) is 0.764. The second-order valence-corrected chi connectivity index (χ2v) is 3.73. The van der Waals surface area contributed by atoms with Gasteiger partial charge in [0.2, 0.25) is 0 Å². The molecule has 2 aromatic carbocycles. The Morgan fingerprint density at radius 3 is 2.33 bits per heavy atom. The average Bonchev–Trinajstić information content (AvgIpc) is 2.45. The van der Waals surface area contributed by atoms with E-state index in [1.165, 1.54) is 0 Å². The molecular formula is C16H14O2. The van der Waals surface area contributed by atoms with Crippen molar-refractivity contribution in [3.05, 3.63) is 65.7 Å². The SMILES string of the molecule is COC#Cc1ccc(OCc2ccccc2)cc1. The molecule has 90 valence electrons. The number of hydrogen-bond acceptors (Lipinski definition) is 2. The summed E-state index contributed by atoms with van der Waals surface area (Å²) < 4.78 is 10.4. The first-order valence-electron chi connectivity index (χ1n) is 5.69. The molecule has 0 fully saturated rings. The van der Waals surface area contributed by atoms with E-state index in [2.05, 4.69) is 16.8 Å². The Kier molecular flexibility index (Phi) is 4.27. The molecule has 2 aromatic rings. The first-order valence-corrected chi connectivity index (χ1v) is 5.69. The summed E-state index contributed by atoms with van der Waals surface area (Å²) in [4.78, 5) is 0. The smallest absolute Gasteiger partial charge is 0.119 e. The molecule has 2 nitrogen and oxygen atoms in total. The van der Waals surface area contributed by atoms with Gasteiger partial charge in [0, 0.05) is 5.56 Å². The normalized spacial score (nSPS) is 9.17. The Balaban J connectivity index is 1.94. The van der Waals surface area contributed by atoms with Gasteiger partial charge in [0.15, 0.2) is 0 Å². The Hall–Kier alpha value is -2.40. The predicted molar refractivity (Wildman–Crippen MR) is 71.1 cm³/mol. The van der Waals surface area contributed by atoms with Gasteiger partial charge < -0.3 is 9.47 Å². The molecule has 0 radical (unpaired) electrons. The molecular weight excluding hydrogens is 224 g/mol. The minimum absolute atomic E-state index is 0.573. The lowest BCUT2D eigenvalue weighted by Crippen LogP contribution is -1.94. The predicted octanol–water partition coefficient (Wildman–Crippen LogP) is 3.22. The second kappa shape index (κ2) is 6.36. The van der Waals surface area contributed by atoms with Crippen LogP contribution in [0.15, 0.2) is 54.6 Å². The maximum atomic E-state index is 5.67. The third-order valence-electron chi connectivity index (χ3n) is 2.40. The van der Waals surface area contributed by atoms with Crippen molar-refractivity contribution >= 4 is 0 Å². The molecule has 0 atom stereocenters. The molecule has 0 heterocycles. The van der Waals surface area contributed by atoms with Gasteiger partial charge in [0.05, 0.1) is 7.11 Å². The molecule has 0 amide bonds. The van der Waals surface area contributed by atoms with Crippen LogP contribution in [0.1, 0.15) is 11.1 Å². The standard InChI is InChI=1S/C16H14O2/c1-17-12-11-14-7-9-16(10-8-14)18-13-15-5-3-2-4-6-15/h2-10H,13H2,1H3. The summed E-state index contributed by atoms with van der Waals surface area (Å²) in [7, 11) is 1.55. The van der Waals surface area contributed by atoms with Crippen molar-refractivity contribution in [3.63, 3.8) is 0 Å². The van der Waals surface area contributed by atoms with Gasteiger partial charge in [-0.05, 0) is 35.7 Å². The van der Waals surface area contributed by atoms with Crippen molar-refractivity contribution in [2.24, 2.45) is 0 Å². The summed E-state index contributed by atoms with van der Waals surface area (Å²) in [6, 6.07) is 17.7. The molecule has 0 saturated carbocycles. The van der Waals surface area contributed by atoms with Crippen LogP contribution in [0.2, 0.25) is 0 Å². The molecule has 0 aliphatic rings. The Morgan fingerprint density at radius 2 is 1.67 bits per heavy atom. The fourth-order valence-electron chi connectivity index (χ4n) is 1.49. The maximum absolute atomic E-state index is 5.67. The molecule has 0 unspecified atom stereocenters. The molecule has 18 heavy (non-hydrogen) atoms. The van der Waals surface area contributed by atoms with Gasteiger partial charge in [-0.15, -0.1) is 0 Å². The van der Waals surface area contributed by atoms with Gasteiger partial charge in [0.25, 0.3) is 0 Å². The van der Waals surface area contributed by atoms with Crippen LogP contribution in [0.3, 0.4) is 0 Å². The molecule has 0 bridgehead atoms. The van der Waals surface area contributed by atoms with Crippen LogP contribution >= 0.6 is 0 Å². The summed E-state index contributed by atoms with van der Waals surface area (Å²) >= 11 is 0. The highest BCUT2D eigenvalue weighted by molar-refractivity contribution is 5.37. The Labute approximate surface area is 107 Å².